The van der Waals surface area contributed by atoms with Crippen molar-refractivity contribution in [1.29, 1.82) is 0 Å². The van der Waals surface area contributed by atoms with Crippen molar-refractivity contribution < 1.29 is 13.2 Å². The smallest absolute Gasteiger partial charge is 0.154 e. The van der Waals surface area contributed by atoms with Crippen LogP contribution < -0.4 is 10.1 Å². The van der Waals surface area contributed by atoms with Gasteiger partial charge in [0.25, 0.3) is 0 Å². The summed E-state index contributed by atoms with van der Waals surface area (Å²) in [5, 5.41) is 4.33. The van der Waals surface area contributed by atoms with Crippen LogP contribution in [0.3, 0.4) is 0 Å². The van der Waals surface area contributed by atoms with Crippen molar-refractivity contribution in [2.24, 2.45) is 0 Å². The van der Waals surface area contributed by atoms with E-state index >= 15 is 0 Å². The molecular formula is C23H26N2O3S. The summed E-state index contributed by atoms with van der Waals surface area (Å²) in [6.07, 6.45) is 5.44. The molecular weight excluding hydrogens is 384 g/mol. The number of sulfone groups is 1. The third-order valence-corrected chi connectivity index (χ3v) is 7.10. The van der Waals surface area contributed by atoms with Gasteiger partial charge in [0, 0.05) is 29.7 Å². The van der Waals surface area contributed by atoms with E-state index in [2.05, 4.69) is 28.5 Å². The molecule has 2 heterocycles. The van der Waals surface area contributed by atoms with Crippen LogP contribution in [-0.2, 0) is 15.6 Å². The zero-order valence-electron chi connectivity index (χ0n) is 16.5. The third kappa shape index (κ3) is 4.71. The van der Waals surface area contributed by atoms with Crippen molar-refractivity contribution in [1.82, 2.24) is 10.3 Å². The molecule has 5 nitrogen and oxygen atoms in total. The lowest BCUT2D eigenvalue weighted by Crippen LogP contribution is -2.34. The zero-order chi connectivity index (χ0) is 20.3. The number of ether oxygens (including phenoxy) is 1. The first-order chi connectivity index (χ1) is 14.0. The Morgan fingerprint density at radius 2 is 1.97 bits per heavy atom. The molecule has 29 heavy (non-hydrogen) atoms. The van der Waals surface area contributed by atoms with Gasteiger partial charge in [-0.1, -0.05) is 36.4 Å². The molecule has 0 spiro atoms. The number of H-pyrrole nitrogens is 1. The van der Waals surface area contributed by atoms with E-state index in [1.165, 1.54) is 11.1 Å². The van der Waals surface area contributed by atoms with Crippen molar-refractivity contribution in [2.45, 2.75) is 24.6 Å². The van der Waals surface area contributed by atoms with Crippen LogP contribution in [0.15, 0.2) is 60.8 Å². The fourth-order valence-corrected chi connectivity index (χ4v) is 5.40. The molecule has 1 unspecified atom stereocenters. The predicted octanol–water partition coefficient (Wildman–Crippen LogP) is 3.93. The second-order valence-corrected chi connectivity index (χ2v) is 9.69. The van der Waals surface area contributed by atoms with Crippen molar-refractivity contribution in [2.75, 3.05) is 19.4 Å². The quantitative estimate of drug-likeness (QED) is 0.619. The van der Waals surface area contributed by atoms with Gasteiger partial charge in [0.2, 0.25) is 0 Å². The van der Waals surface area contributed by atoms with Crippen LogP contribution in [0.5, 0.6) is 5.75 Å². The molecule has 0 bridgehead atoms. The maximum absolute atomic E-state index is 12.8. The summed E-state index contributed by atoms with van der Waals surface area (Å²) in [5.74, 6) is 0.930. The molecule has 2 N–H and O–H groups in total. The molecule has 1 aliphatic heterocycles. The van der Waals surface area contributed by atoms with Gasteiger partial charge in [0.15, 0.2) is 9.84 Å². The first-order valence-electron chi connectivity index (χ1n) is 9.86. The predicted molar refractivity (Wildman–Crippen MR) is 118 cm³/mol. The van der Waals surface area contributed by atoms with E-state index in [-0.39, 0.29) is 17.5 Å². The number of methoxy groups -OCH3 is 1. The highest BCUT2D eigenvalue weighted by molar-refractivity contribution is 7.90. The average Bonchev–Trinajstić information content (AvgIpc) is 3.14. The fourth-order valence-electron chi connectivity index (χ4n) is 3.90. The first kappa shape index (κ1) is 19.7. The van der Waals surface area contributed by atoms with E-state index < -0.39 is 9.84 Å². The van der Waals surface area contributed by atoms with E-state index in [1.54, 1.807) is 13.3 Å². The van der Waals surface area contributed by atoms with E-state index in [1.807, 2.05) is 36.4 Å². The van der Waals surface area contributed by atoms with Gasteiger partial charge in [-0.15, -0.1) is 0 Å². The molecule has 0 radical (unpaired) electrons. The lowest BCUT2D eigenvalue weighted by Gasteiger charge is -2.24. The second-order valence-electron chi connectivity index (χ2n) is 7.51. The number of benzene rings is 2. The maximum Gasteiger partial charge on any atom is 0.154 e. The summed E-state index contributed by atoms with van der Waals surface area (Å²) in [6, 6.07) is 16.1. The summed E-state index contributed by atoms with van der Waals surface area (Å²) >= 11 is 0. The van der Waals surface area contributed by atoms with Crippen LogP contribution >= 0.6 is 0 Å². The van der Waals surface area contributed by atoms with Gasteiger partial charge in [0.05, 0.1) is 18.6 Å². The van der Waals surface area contributed by atoms with E-state index in [0.717, 1.165) is 35.2 Å². The van der Waals surface area contributed by atoms with Crippen LogP contribution in [0.1, 0.15) is 24.0 Å². The van der Waals surface area contributed by atoms with Gasteiger partial charge < -0.3 is 15.0 Å². The van der Waals surface area contributed by atoms with Gasteiger partial charge >= 0.3 is 0 Å². The number of hydrogen-bond acceptors (Lipinski definition) is 4. The molecule has 0 aliphatic carbocycles. The molecule has 1 atom stereocenters. The molecule has 0 saturated heterocycles. The minimum absolute atomic E-state index is 0.0360. The summed E-state index contributed by atoms with van der Waals surface area (Å²) < 4.78 is 30.9. The van der Waals surface area contributed by atoms with E-state index in [4.69, 9.17) is 4.74 Å². The summed E-state index contributed by atoms with van der Waals surface area (Å²) in [5.41, 5.74) is 4.22. The maximum atomic E-state index is 12.8. The van der Waals surface area contributed by atoms with Gasteiger partial charge in [-0.2, -0.15) is 0 Å². The second kappa shape index (κ2) is 8.43. The Bertz CT molecular complexity index is 1120. The van der Waals surface area contributed by atoms with Crippen LogP contribution in [0.4, 0.5) is 0 Å². The Morgan fingerprint density at radius 1 is 1.14 bits per heavy atom. The molecule has 4 rings (SSSR count). The van der Waals surface area contributed by atoms with Gasteiger partial charge in [-0.05, 0) is 47.7 Å². The molecule has 0 saturated carbocycles. The zero-order valence-corrected chi connectivity index (χ0v) is 17.3. The summed E-state index contributed by atoms with van der Waals surface area (Å²) in [6.45, 7) is 0.775. The lowest BCUT2D eigenvalue weighted by atomic mass is 9.94. The van der Waals surface area contributed by atoms with Crippen LogP contribution in [0.25, 0.3) is 16.5 Å². The largest absolute Gasteiger partial charge is 0.497 e. The molecule has 1 aliphatic rings. The van der Waals surface area contributed by atoms with Gasteiger partial charge in [0.1, 0.15) is 5.75 Å². The van der Waals surface area contributed by atoms with Crippen molar-refractivity contribution in [3.05, 3.63) is 71.9 Å². The Morgan fingerprint density at radius 3 is 2.76 bits per heavy atom. The summed E-state index contributed by atoms with van der Waals surface area (Å²) in [4.78, 5) is 3.15. The van der Waals surface area contributed by atoms with Crippen LogP contribution in [-0.4, -0.2) is 38.9 Å². The minimum Gasteiger partial charge on any atom is -0.497 e. The molecule has 6 heteroatoms. The highest BCUT2D eigenvalue weighted by Gasteiger charge is 2.21. The van der Waals surface area contributed by atoms with E-state index in [9.17, 15) is 8.42 Å². The number of hydrogen-bond donors (Lipinski definition) is 2. The van der Waals surface area contributed by atoms with Crippen LogP contribution in [0.2, 0.25) is 0 Å². The highest BCUT2D eigenvalue weighted by Crippen LogP contribution is 2.26. The molecule has 0 fully saturated rings. The Balaban J connectivity index is 1.40. The third-order valence-electron chi connectivity index (χ3n) is 5.49. The topological polar surface area (TPSA) is 71.2 Å². The number of rotatable bonds is 7. The SMILES string of the molecule is COc1ccc2[nH]cc(CS(=O)(=O)CCC3CC(c4ccccc4)=CCN3)c2c1. The van der Waals surface area contributed by atoms with Crippen molar-refractivity contribution in [3.63, 3.8) is 0 Å². The Hall–Kier alpha value is -2.57. The monoisotopic (exact) mass is 410 g/mol. The highest BCUT2D eigenvalue weighted by atomic mass is 32.2. The Kier molecular flexibility index (Phi) is 5.74. The lowest BCUT2D eigenvalue weighted by molar-refractivity contribution is 0.415. The number of aromatic nitrogens is 1. The number of aromatic amines is 1. The first-order valence-corrected chi connectivity index (χ1v) is 11.7. The van der Waals surface area contributed by atoms with Gasteiger partial charge in [-0.25, -0.2) is 8.42 Å². The van der Waals surface area contributed by atoms with E-state index in [0.29, 0.717) is 6.42 Å². The van der Waals surface area contributed by atoms with Crippen molar-refractivity contribution >= 4 is 26.3 Å². The summed E-state index contributed by atoms with van der Waals surface area (Å²) in [7, 11) is -1.61. The molecule has 0 amide bonds. The normalized spacial score (nSPS) is 17.3. The molecule has 152 valence electrons. The number of nitrogens with one attached hydrogen (secondary N) is 2. The van der Waals surface area contributed by atoms with Crippen LogP contribution in [0, 0.1) is 0 Å². The fraction of sp³-hybridized carbons (Fsp3) is 0.304. The number of fused-ring (bicyclic) bond motifs is 1. The standard InChI is InChI=1S/C23H26N2O3S/c1-28-21-7-8-23-22(14-21)19(15-25-23)16-29(26,27)12-10-20-13-18(9-11-24-20)17-5-3-2-4-6-17/h2-9,14-15,20,24-25H,10-13,16H2,1H3. The Labute approximate surface area is 171 Å². The molecule has 1 aromatic heterocycles. The minimum atomic E-state index is -3.22. The van der Waals surface area contributed by atoms with Crippen molar-refractivity contribution in [3.8, 4) is 5.75 Å². The van der Waals surface area contributed by atoms with Gasteiger partial charge in [-0.3, -0.25) is 0 Å². The average molecular weight is 411 g/mol. The molecule has 3 aromatic rings. The molecule has 2 aromatic carbocycles.